The highest BCUT2D eigenvalue weighted by atomic mass is 16.1. The summed E-state index contributed by atoms with van der Waals surface area (Å²) in [5.41, 5.74) is 9.68. The number of piperidine rings is 1. The highest BCUT2D eigenvalue weighted by Crippen LogP contribution is 2.34. The second-order valence-electron chi connectivity index (χ2n) is 9.29. The molecular weight excluding hydrogens is 426 g/mol. The van der Waals surface area contributed by atoms with Crippen LogP contribution in [0.15, 0.2) is 59.4 Å². The number of aromatic nitrogens is 4. The predicted molar refractivity (Wildman–Crippen MR) is 132 cm³/mol. The van der Waals surface area contributed by atoms with Gasteiger partial charge < -0.3 is 15.2 Å². The van der Waals surface area contributed by atoms with E-state index >= 15 is 0 Å². The maximum atomic E-state index is 13.8. The minimum atomic E-state index is -0.155. The van der Waals surface area contributed by atoms with Gasteiger partial charge in [-0.25, -0.2) is 4.98 Å². The maximum Gasteiger partial charge on any atom is 0.278 e. The Morgan fingerprint density at radius 1 is 1.32 bits per heavy atom. The van der Waals surface area contributed by atoms with Crippen molar-refractivity contribution >= 4 is 16.9 Å². The van der Waals surface area contributed by atoms with Crippen molar-refractivity contribution in [1.82, 2.24) is 19.1 Å². The van der Waals surface area contributed by atoms with E-state index in [9.17, 15) is 10.1 Å². The molecule has 8 heteroatoms. The first kappa shape index (κ1) is 22.1. The van der Waals surface area contributed by atoms with Crippen molar-refractivity contribution in [3.8, 4) is 6.07 Å². The zero-order valence-corrected chi connectivity index (χ0v) is 19.4. The van der Waals surface area contributed by atoms with Gasteiger partial charge in [-0.3, -0.25) is 14.3 Å². The Hall–Kier alpha value is -3.70. The lowest BCUT2D eigenvalue weighted by molar-refractivity contribution is 0.496. The summed E-state index contributed by atoms with van der Waals surface area (Å²) in [7, 11) is 0. The molecule has 1 fully saturated rings. The van der Waals surface area contributed by atoms with Gasteiger partial charge in [0.05, 0.1) is 12.9 Å². The Bertz CT molecular complexity index is 1360. The van der Waals surface area contributed by atoms with Crippen LogP contribution in [0.3, 0.4) is 0 Å². The molecule has 2 aliphatic rings. The summed E-state index contributed by atoms with van der Waals surface area (Å²) in [5.74, 6) is 1.12. The van der Waals surface area contributed by atoms with E-state index in [0.29, 0.717) is 42.1 Å². The van der Waals surface area contributed by atoms with Gasteiger partial charge >= 0.3 is 0 Å². The molecule has 34 heavy (non-hydrogen) atoms. The van der Waals surface area contributed by atoms with Gasteiger partial charge in [-0.05, 0) is 42.4 Å². The summed E-state index contributed by atoms with van der Waals surface area (Å²) in [5, 5.41) is 10.2. The lowest BCUT2D eigenvalue weighted by Crippen LogP contribution is -2.44. The Labute approximate surface area is 198 Å². The highest BCUT2D eigenvalue weighted by molar-refractivity contribution is 5.89. The van der Waals surface area contributed by atoms with Crippen LogP contribution >= 0.6 is 0 Å². The molecule has 8 nitrogen and oxygen atoms in total. The van der Waals surface area contributed by atoms with Gasteiger partial charge in [0, 0.05) is 38.1 Å². The van der Waals surface area contributed by atoms with Crippen molar-refractivity contribution in [1.29, 1.82) is 5.26 Å². The normalized spacial score (nSPS) is 20.4. The Morgan fingerprint density at radius 2 is 2.21 bits per heavy atom. The minimum Gasteiger partial charge on any atom is -0.355 e. The van der Waals surface area contributed by atoms with Crippen LogP contribution in [-0.4, -0.2) is 38.2 Å². The third kappa shape index (κ3) is 4.03. The quantitative estimate of drug-likeness (QED) is 0.634. The molecule has 1 aliphatic carbocycles. The zero-order chi connectivity index (χ0) is 23.7. The van der Waals surface area contributed by atoms with E-state index < -0.39 is 0 Å². The lowest BCUT2D eigenvalue weighted by Gasteiger charge is -2.34. The number of hydrogen-bond acceptors (Lipinski definition) is 6. The molecule has 3 aromatic heterocycles. The van der Waals surface area contributed by atoms with Gasteiger partial charge in [-0.1, -0.05) is 31.2 Å². The van der Waals surface area contributed by atoms with Crippen molar-refractivity contribution < 1.29 is 0 Å². The van der Waals surface area contributed by atoms with E-state index in [4.69, 9.17) is 5.73 Å². The minimum absolute atomic E-state index is 0.0395. The number of nitriles is 1. The molecule has 3 aromatic rings. The maximum absolute atomic E-state index is 13.8. The second-order valence-corrected chi connectivity index (χ2v) is 9.29. The molecule has 4 heterocycles. The molecule has 0 amide bonds. The van der Waals surface area contributed by atoms with Crippen molar-refractivity contribution in [2.45, 2.75) is 45.3 Å². The van der Waals surface area contributed by atoms with E-state index in [-0.39, 0.29) is 11.6 Å². The van der Waals surface area contributed by atoms with Gasteiger partial charge in [0.1, 0.15) is 28.5 Å². The van der Waals surface area contributed by atoms with Gasteiger partial charge in [0.15, 0.2) is 0 Å². The summed E-state index contributed by atoms with van der Waals surface area (Å²) in [4.78, 5) is 24.8. The van der Waals surface area contributed by atoms with Crippen LogP contribution in [0, 0.1) is 17.2 Å². The number of nitrogens with zero attached hydrogens (tertiary/aromatic N) is 6. The van der Waals surface area contributed by atoms with E-state index in [1.807, 2.05) is 16.7 Å². The van der Waals surface area contributed by atoms with E-state index in [1.54, 1.807) is 23.3 Å². The molecule has 1 aliphatic heterocycles. The molecule has 1 saturated heterocycles. The Kier molecular flexibility index (Phi) is 6.03. The summed E-state index contributed by atoms with van der Waals surface area (Å²) >= 11 is 0. The van der Waals surface area contributed by atoms with Crippen LogP contribution in [0.25, 0.3) is 11.0 Å². The second kappa shape index (κ2) is 9.27. The van der Waals surface area contributed by atoms with Crippen molar-refractivity contribution in [3.05, 3.63) is 76.1 Å². The molecule has 0 saturated carbocycles. The van der Waals surface area contributed by atoms with Crippen LogP contribution < -0.4 is 16.2 Å². The van der Waals surface area contributed by atoms with Crippen LogP contribution in [0.4, 0.5) is 5.82 Å². The van der Waals surface area contributed by atoms with Crippen molar-refractivity contribution in [2.75, 3.05) is 18.0 Å². The molecule has 2 N–H and O–H groups in total. The van der Waals surface area contributed by atoms with Crippen molar-refractivity contribution in [3.63, 3.8) is 0 Å². The molecule has 0 radical (unpaired) electrons. The highest BCUT2D eigenvalue weighted by Gasteiger charge is 2.29. The number of anilines is 1. The molecule has 2 atom stereocenters. The first-order valence-corrected chi connectivity index (χ1v) is 11.8. The molecule has 0 aromatic carbocycles. The number of pyridine rings is 1. The average Bonchev–Trinajstić information content (AvgIpc) is 3.17. The number of allylic oxidation sites excluding steroid dienone is 4. The third-order valence-corrected chi connectivity index (χ3v) is 6.85. The summed E-state index contributed by atoms with van der Waals surface area (Å²) in [6.07, 6.45) is 14.2. The van der Waals surface area contributed by atoms with Crippen LogP contribution in [0.1, 0.15) is 37.3 Å². The molecule has 1 unspecified atom stereocenters. The standard InChI is InChI=1S/C26H29N7O/c1-18-6-2-3-8-20(18)15-33-24-23(22(12-27)25(33)31-11-5-9-21(28)16-31)30-17-32(26(24)34)14-19-7-4-10-29-13-19/h2-4,7-8,10,13,17-18,21H,5-6,9,11,14-16,28H2,1H3/t18?,21-/m0/s1. The van der Waals surface area contributed by atoms with Gasteiger partial charge in [0.2, 0.25) is 0 Å². The van der Waals surface area contributed by atoms with E-state index in [2.05, 4.69) is 46.1 Å². The number of fused-ring (bicyclic) bond motifs is 1. The fourth-order valence-electron chi connectivity index (χ4n) is 5.02. The molecule has 174 valence electrons. The van der Waals surface area contributed by atoms with E-state index in [1.165, 1.54) is 5.57 Å². The summed E-state index contributed by atoms with van der Waals surface area (Å²) < 4.78 is 3.61. The zero-order valence-electron chi connectivity index (χ0n) is 19.4. The van der Waals surface area contributed by atoms with Crippen LogP contribution in [0.5, 0.6) is 0 Å². The average molecular weight is 456 g/mol. The smallest absolute Gasteiger partial charge is 0.278 e. The SMILES string of the molecule is CC1CC=CC=C1Cn1c(N2CCC[C@H](N)C2)c(C#N)c2ncn(Cc3cccnc3)c(=O)c21. The molecular formula is C26H29N7O. The lowest BCUT2D eigenvalue weighted by atomic mass is 9.93. The van der Waals surface area contributed by atoms with Gasteiger partial charge in [-0.2, -0.15) is 5.26 Å². The molecule has 0 bridgehead atoms. The molecule has 0 spiro atoms. The Morgan fingerprint density at radius 3 is 2.94 bits per heavy atom. The number of nitrogens with two attached hydrogens (primary N) is 1. The third-order valence-electron chi connectivity index (χ3n) is 6.85. The van der Waals surface area contributed by atoms with Crippen LogP contribution in [0.2, 0.25) is 0 Å². The summed E-state index contributed by atoms with van der Waals surface area (Å²) in [6, 6.07) is 6.19. The predicted octanol–water partition coefficient (Wildman–Crippen LogP) is 2.96. The van der Waals surface area contributed by atoms with Crippen molar-refractivity contribution in [2.24, 2.45) is 11.7 Å². The fraction of sp³-hybridized carbons (Fsp3) is 0.385. The monoisotopic (exact) mass is 455 g/mol. The summed E-state index contributed by atoms with van der Waals surface area (Å²) in [6.45, 7) is 4.56. The Balaban J connectivity index is 1.71. The van der Waals surface area contributed by atoms with Crippen LogP contribution in [-0.2, 0) is 13.1 Å². The first-order valence-electron chi connectivity index (χ1n) is 11.8. The van der Waals surface area contributed by atoms with Gasteiger partial charge in [0.25, 0.3) is 5.56 Å². The molecule has 5 rings (SSSR count). The van der Waals surface area contributed by atoms with E-state index in [0.717, 1.165) is 37.2 Å². The van der Waals surface area contributed by atoms with Gasteiger partial charge in [-0.15, -0.1) is 0 Å². The first-order chi connectivity index (χ1) is 16.6. The number of rotatable bonds is 5. The topological polar surface area (TPSA) is 106 Å². The fourth-order valence-corrected chi connectivity index (χ4v) is 5.02. The number of hydrogen-bond donors (Lipinski definition) is 1. The largest absolute Gasteiger partial charge is 0.355 e.